The van der Waals surface area contributed by atoms with Crippen molar-refractivity contribution >= 4 is 36.4 Å². The van der Waals surface area contributed by atoms with Crippen LogP contribution in [0, 0.1) is 0 Å². The number of carbonyl (C=O) groups is 1. The topological polar surface area (TPSA) is 71.5 Å². The molecule has 1 unspecified atom stereocenters. The van der Waals surface area contributed by atoms with Gasteiger partial charge in [-0.25, -0.2) is 0 Å². The molecule has 0 spiro atoms. The van der Waals surface area contributed by atoms with E-state index in [4.69, 9.17) is 10.2 Å². The van der Waals surface area contributed by atoms with Crippen LogP contribution in [-0.2, 0) is 13.0 Å². The van der Waals surface area contributed by atoms with Crippen molar-refractivity contribution < 1.29 is 9.21 Å². The molecule has 154 valence electrons. The van der Waals surface area contributed by atoms with Crippen molar-refractivity contribution in [1.29, 1.82) is 0 Å². The van der Waals surface area contributed by atoms with Gasteiger partial charge >= 0.3 is 0 Å². The second-order valence-electron chi connectivity index (χ2n) is 7.67. The van der Waals surface area contributed by atoms with Crippen molar-refractivity contribution in [2.75, 3.05) is 4.90 Å². The highest BCUT2D eigenvalue weighted by Gasteiger charge is 2.28. The highest BCUT2D eigenvalue weighted by Crippen LogP contribution is 2.33. The third kappa shape index (κ3) is 4.65. The van der Waals surface area contributed by atoms with Gasteiger partial charge in [0.15, 0.2) is 5.76 Å². The molecule has 0 saturated heterocycles. The molecule has 1 aliphatic heterocycles. The maximum absolute atomic E-state index is 12.7. The molecule has 2 heterocycles. The van der Waals surface area contributed by atoms with E-state index in [2.05, 4.69) is 41.4 Å². The van der Waals surface area contributed by atoms with Crippen molar-refractivity contribution in [3.63, 3.8) is 0 Å². The van der Waals surface area contributed by atoms with Crippen molar-refractivity contribution in [3.8, 4) is 0 Å². The number of rotatable bonds is 4. The van der Waals surface area contributed by atoms with Gasteiger partial charge in [-0.05, 0) is 56.7 Å². The number of nitrogens with zero attached hydrogens (tertiary/aromatic N) is 1. The van der Waals surface area contributed by atoms with Crippen molar-refractivity contribution in [2.24, 2.45) is 5.73 Å². The number of benzene rings is 1. The second kappa shape index (κ2) is 9.68. The Morgan fingerprint density at radius 1 is 1.18 bits per heavy atom. The van der Waals surface area contributed by atoms with E-state index >= 15 is 0 Å². The van der Waals surface area contributed by atoms with Crippen LogP contribution in [0.25, 0.3) is 0 Å². The summed E-state index contributed by atoms with van der Waals surface area (Å²) in [4.78, 5) is 15.1. The highest BCUT2D eigenvalue weighted by molar-refractivity contribution is 5.93. The summed E-state index contributed by atoms with van der Waals surface area (Å²) >= 11 is 0. The molecule has 1 fully saturated rings. The van der Waals surface area contributed by atoms with E-state index in [1.807, 2.05) is 6.07 Å². The molecule has 1 amide bonds. The molecular formula is C21H29Cl2N3O2. The average molecular weight is 426 g/mol. The summed E-state index contributed by atoms with van der Waals surface area (Å²) in [6.07, 6.45) is 6.49. The number of amides is 1. The van der Waals surface area contributed by atoms with E-state index in [1.54, 1.807) is 6.26 Å². The lowest BCUT2D eigenvalue weighted by Gasteiger charge is -2.27. The Morgan fingerprint density at radius 2 is 1.89 bits per heavy atom. The summed E-state index contributed by atoms with van der Waals surface area (Å²) in [7, 11) is 0. The number of hydrogen-bond acceptors (Lipinski definition) is 4. The summed E-state index contributed by atoms with van der Waals surface area (Å²) < 4.78 is 5.56. The van der Waals surface area contributed by atoms with E-state index < -0.39 is 0 Å². The smallest absolute Gasteiger partial charge is 0.287 e. The van der Waals surface area contributed by atoms with Gasteiger partial charge in [0.05, 0.1) is 6.26 Å². The molecule has 2 aliphatic rings. The number of halogens is 2. The number of hydrogen-bond donors (Lipinski definition) is 2. The van der Waals surface area contributed by atoms with Crippen LogP contribution in [0.5, 0.6) is 0 Å². The molecule has 1 aromatic carbocycles. The molecule has 7 heteroatoms. The van der Waals surface area contributed by atoms with E-state index in [0.717, 1.165) is 37.7 Å². The van der Waals surface area contributed by atoms with Crippen LogP contribution in [0.2, 0.25) is 0 Å². The van der Waals surface area contributed by atoms with Crippen molar-refractivity contribution in [2.45, 2.75) is 63.7 Å². The van der Waals surface area contributed by atoms with Crippen LogP contribution in [0.4, 0.5) is 5.69 Å². The molecule has 1 aliphatic carbocycles. The number of para-hydroxylation sites is 1. The third-order valence-electron chi connectivity index (χ3n) is 5.75. The third-order valence-corrected chi connectivity index (χ3v) is 5.75. The van der Waals surface area contributed by atoms with Crippen LogP contribution in [0.1, 0.15) is 54.3 Å². The molecule has 5 nitrogen and oxygen atoms in total. The van der Waals surface area contributed by atoms with Gasteiger partial charge in [0.25, 0.3) is 5.91 Å². The lowest BCUT2D eigenvalue weighted by molar-refractivity contribution is 0.0896. The zero-order chi connectivity index (χ0) is 18.1. The maximum atomic E-state index is 12.7. The molecule has 4 rings (SSSR count). The Kier molecular flexibility index (Phi) is 7.81. The van der Waals surface area contributed by atoms with Crippen LogP contribution < -0.4 is 16.0 Å². The minimum Gasteiger partial charge on any atom is -0.459 e. The van der Waals surface area contributed by atoms with Crippen LogP contribution >= 0.6 is 24.8 Å². The van der Waals surface area contributed by atoms with Crippen LogP contribution in [0.15, 0.2) is 41.0 Å². The zero-order valence-corrected chi connectivity index (χ0v) is 17.7. The second-order valence-corrected chi connectivity index (χ2v) is 7.67. The molecular weight excluding hydrogens is 397 g/mol. The largest absolute Gasteiger partial charge is 0.459 e. The Morgan fingerprint density at radius 3 is 2.64 bits per heavy atom. The summed E-state index contributed by atoms with van der Waals surface area (Å²) in [6, 6.07) is 11.3. The molecule has 1 aromatic heterocycles. The van der Waals surface area contributed by atoms with Gasteiger partial charge in [-0.1, -0.05) is 18.2 Å². The fourth-order valence-electron chi connectivity index (χ4n) is 4.23. The van der Waals surface area contributed by atoms with Crippen LogP contribution in [0.3, 0.4) is 0 Å². The Labute approximate surface area is 178 Å². The fraction of sp³-hybridized carbons (Fsp3) is 0.476. The fourth-order valence-corrected chi connectivity index (χ4v) is 4.23. The number of fused-ring (bicyclic) bond motifs is 1. The molecule has 0 bridgehead atoms. The first kappa shape index (κ1) is 22.6. The number of carbonyl (C=O) groups excluding carboxylic acids is 1. The van der Waals surface area contributed by atoms with Gasteiger partial charge in [-0.2, -0.15) is 0 Å². The minimum absolute atomic E-state index is 0. The zero-order valence-electron chi connectivity index (χ0n) is 16.1. The average Bonchev–Trinajstić information content (AvgIpc) is 3.22. The monoisotopic (exact) mass is 425 g/mol. The van der Waals surface area contributed by atoms with Gasteiger partial charge in [-0.15, -0.1) is 24.8 Å². The predicted octanol–water partition coefficient (Wildman–Crippen LogP) is 4.07. The number of furan rings is 1. The lowest BCUT2D eigenvalue weighted by atomic mass is 9.92. The first-order valence-corrected chi connectivity index (χ1v) is 9.59. The van der Waals surface area contributed by atoms with Gasteiger partial charge in [-0.3, -0.25) is 4.79 Å². The predicted molar refractivity (Wildman–Crippen MR) is 117 cm³/mol. The SMILES string of the molecule is CC1Cc2ccccc2N1Cc1ccoc1C(=O)NC1CCC(N)CC1.Cl.Cl. The van der Waals surface area contributed by atoms with E-state index in [1.165, 1.54) is 11.3 Å². The Balaban J connectivity index is 0.00000140. The lowest BCUT2D eigenvalue weighted by Crippen LogP contribution is -2.40. The molecule has 1 atom stereocenters. The molecule has 1 saturated carbocycles. The van der Waals surface area contributed by atoms with E-state index in [0.29, 0.717) is 18.3 Å². The maximum Gasteiger partial charge on any atom is 0.287 e. The normalized spacial score (nSPS) is 23.4. The summed E-state index contributed by atoms with van der Waals surface area (Å²) in [5.74, 6) is 0.335. The minimum atomic E-state index is -0.106. The summed E-state index contributed by atoms with van der Waals surface area (Å²) in [5.41, 5.74) is 9.52. The van der Waals surface area contributed by atoms with Gasteiger partial charge < -0.3 is 20.4 Å². The highest BCUT2D eigenvalue weighted by atomic mass is 35.5. The van der Waals surface area contributed by atoms with Gasteiger partial charge in [0.1, 0.15) is 0 Å². The summed E-state index contributed by atoms with van der Waals surface area (Å²) in [6.45, 7) is 2.91. The number of nitrogens with one attached hydrogen (secondary N) is 1. The number of nitrogens with two attached hydrogens (primary N) is 1. The first-order chi connectivity index (χ1) is 12.6. The number of anilines is 1. The van der Waals surface area contributed by atoms with Crippen molar-refractivity contribution in [1.82, 2.24) is 5.32 Å². The first-order valence-electron chi connectivity index (χ1n) is 9.59. The molecule has 3 N–H and O–H groups in total. The Bertz CT molecular complexity index is 787. The molecule has 28 heavy (non-hydrogen) atoms. The van der Waals surface area contributed by atoms with E-state index in [-0.39, 0.29) is 42.8 Å². The van der Waals surface area contributed by atoms with Crippen LogP contribution in [-0.4, -0.2) is 24.0 Å². The Hall–Kier alpha value is -1.69. The quantitative estimate of drug-likeness (QED) is 0.773. The standard InChI is InChI=1S/C21H27N3O2.2ClH/c1-14-12-15-4-2-3-5-19(15)24(14)13-16-10-11-26-20(16)21(25)23-18-8-6-17(22)7-9-18;;/h2-5,10-11,14,17-18H,6-9,12-13,22H2,1H3,(H,23,25);2*1H. The van der Waals surface area contributed by atoms with Gasteiger partial charge in [0.2, 0.25) is 0 Å². The van der Waals surface area contributed by atoms with Gasteiger partial charge in [0, 0.05) is 35.9 Å². The van der Waals surface area contributed by atoms with E-state index in [9.17, 15) is 4.79 Å². The molecule has 0 radical (unpaired) electrons. The molecule has 2 aromatic rings. The summed E-state index contributed by atoms with van der Waals surface area (Å²) in [5, 5.41) is 3.13. The van der Waals surface area contributed by atoms with Crippen molar-refractivity contribution in [3.05, 3.63) is 53.5 Å².